The summed E-state index contributed by atoms with van der Waals surface area (Å²) in [5.74, 6) is -0.492. The van der Waals surface area contributed by atoms with Crippen molar-refractivity contribution in [1.29, 1.82) is 0 Å². The zero-order chi connectivity index (χ0) is 16.3. The summed E-state index contributed by atoms with van der Waals surface area (Å²) >= 11 is 3.20. The van der Waals surface area contributed by atoms with E-state index in [2.05, 4.69) is 27.9 Å². The Balaban J connectivity index is 1.96. The van der Waals surface area contributed by atoms with E-state index in [1.165, 1.54) is 12.1 Å². The fourth-order valence-corrected chi connectivity index (χ4v) is 2.99. The molecule has 0 N–H and O–H groups in total. The Morgan fingerprint density at radius 1 is 1.45 bits per heavy atom. The van der Waals surface area contributed by atoms with Crippen LogP contribution in [0, 0.1) is 5.82 Å². The lowest BCUT2D eigenvalue weighted by atomic mass is 10.0. The highest BCUT2D eigenvalue weighted by Gasteiger charge is 2.28. The molecule has 1 aliphatic rings. The molecule has 1 aromatic rings. The van der Waals surface area contributed by atoms with E-state index < -0.39 is 11.9 Å². The van der Waals surface area contributed by atoms with Crippen molar-refractivity contribution in [3.05, 3.63) is 28.5 Å². The number of piperidine rings is 1. The average molecular weight is 373 g/mol. The molecule has 0 spiro atoms. The molecule has 0 bridgehead atoms. The summed E-state index contributed by atoms with van der Waals surface area (Å²) in [6.07, 6.45) is 1.20. The molecule has 22 heavy (non-hydrogen) atoms. The third kappa shape index (κ3) is 4.20. The van der Waals surface area contributed by atoms with Crippen LogP contribution in [-0.4, -0.2) is 55.0 Å². The maximum absolute atomic E-state index is 13.8. The molecule has 0 radical (unpaired) electrons. The van der Waals surface area contributed by atoms with E-state index in [1.807, 2.05) is 0 Å². The Hall–Kier alpha value is -1.14. The Labute approximate surface area is 139 Å². The molecule has 0 unspecified atom stereocenters. The molecular weight excluding hydrogens is 351 g/mol. The first-order chi connectivity index (χ1) is 10.4. The van der Waals surface area contributed by atoms with Crippen molar-refractivity contribution >= 4 is 21.8 Å². The van der Waals surface area contributed by atoms with Crippen molar-refractivity contribution in [3.63, 3.8) is 0 Å². The first kappa shape index (κ1) is 17.2. The predicted octanol–water partition coefficient (Wildman–Crippen LogP) is 2.91. The van der Waals surface area contributed by atoms with Gasteiger partial charge in [0.25, 0.3) is 5.91 Å². The van der Waals surface area contributed by atoms with Crippen LogP contribution in [-0.2, 0) is 4.79 Å². The number of halogens is 2. The molecule has 6 heteroatoms. The van der Waals surface area contributed by atoms with Gasteiger partial charge in [-0.05, 0) is 58.1 Å². The lowest BCUT2D eigenvalue weighted by molar-refractivity contribution is -0.139. The van der Waals surface area contributed by atoms with E-state index in [0.717, 1.165) is 25.9 Å². The first-order valence-electron chi connectivity index (χ1n) is 7.45. The molecule has 0 aromatic heterocycles. The van der Waals surface area contributed by atoms with E-state index >= 15 is 0 Å². The van der Waals surface area contributed by atoms with Gasteiger partial charge in [0, 0.05) is 17.6 Å². The summed E-state index contributed by atoms with van der Waals surface area (Å²) < 4.78 is 19.9. The minimum Gasteiger partial charge on any atom is -0.478 e. The topological polar surface area (TPSA) is 32.8 Å². The van der Waals surface area contributed by atoms with Gasteiger partial charge in [-0.2, -0.15) is 0 Å². The fourth-order valence-electron chi connectivity index (χ4n) is 2.66. The van der Waals surface area contributed by atoms with Crippen molar-refractivity contribution in [1.82, 2.24) is 9.80 Å². The van der Waals surface area contributed by atoms with Gasteiger partial charge < -0.3 is 14.5 Å². The Bertz CT molecular complexity index is 533. The van der Waals surface area contributed by atoms with Crippen LogP contribution in [0.1, 0.15) is 19.8 Å². The SMILES string of the molecule is C[C@@H](Oc1ccc(Br)cc1F)C(=O)N(C)C1CCN(C)CC1. The lowest BCUT2D eigenvalue weighted by Gasteiger charge is -2.36. The lowest BCUT2D eigenvalue weighted by Crippen LogP contribution is -2.48. The van der Waals surface area contributed by atoms with Crippen LogP contribution in [0.4, 0.5) is 4.39 Å². The number of likely N-dealkylation sites (N-methyl/N-ethyl adjacent to an activating group) is 1. The second-order valence-corrected chi connectivity index (χ2v) is 6.73. The average Bonchev–Trinajstić information content (AvgIpc) is 2.49. The number of amides is 1. The second-order valence-electron chi connectivity index (χ2n) is 5.82. The van der Waals surface area contributed by atoms with E-state index in [0.29, 0.717) is 4.47 Å². The van der Waals surface area contributed by atoms with Crippen LogP contribution in [0.3, 0.4) is 0 Å². The fraction of sp³-hybridized carbons (Fsp3) is 0.562. The summed E-state index contributed by atoms with van der Waals surface area (Å²) in [7, 11) is 3.89. The third-order valence-corrected chi connectivity index (χ3v) is 4.62. The van der Waals surface area contributed by atoms with Gasteiger partial charge in [0.15, 0.2) is 17.7 Å². The molecule has 0 saturated carbocycles. The van der Waals surface area contributed by atoms with Gasteiger partial charge in [0.2, 0.25) is 0 Å². The number of hydrogen-bond acceptors (Lipinski definition) is 3. The molecule has 1 atom stereocenters. The molecular formula is C16H22BrFN2O2. The van der Waals surface area contributed by atoms with Gasteiger partial charge in [-0.25, -0.2) is 4.39 Å². The maximum Gasteiger partial charge on any atom is 0.263 e. The molecule has 1 amide bonds. The summed E-state index contributed by atoms with van der Waals surface area (Å²) in [5.41, 5.74) is 0. The van der Waals surface area contributed by atoms with Gasteiger partial charge in [-0.1, -0.05) is 15.9 Å². The number of likely N-dealkylation sites (tertiary alicyclic amines) is 1. The number of benzene rings is 1. The number of nitrogens with zero attached hydrogens (tertiary/aromatic N) is 2. The number of carbonyl (C=O) groups excluding carboxylic acids is 1. The molecule has 122 valence electrons. The number of carbonyl (C=O) groups is 1. The second kappa shape index (κ2) is 7.42. The molecule has 2 rings (SSSR count). The zero-order valence-electron chi connectivity index (χ0n) is 13.2. The Morgan fingerprint density at radius 3 is 2.68 bits per heavy atom. The monoisotopic (exact) mass is 372 g/mol. The number of rotatable bonds is 4. The summed E-state index contributed by atoms with van der Waals surface area (Å²) in [5, 5.41) is 0. The van der Waals surface area contributed by atoms with E-state index in [-0.39, 0.29) is 17.7 Å². The molecule has 1 heterocycles. The summed E-state index contributed by atoms with van der Waals surface area (Å²) in [6.45, 7) is 3.63. The highest BCUT2D eigenvalue weighted by Crippen LogP contribution is 2.23. The van der Waals surface area contributed by atoms with Crippen LogP contribution in [0.25, 0.3) is 0 Å². The van der Waals surface area contributed by atoms with Crippen LogP contribution in [0.5, 0.6) is 5.75 Å². The van der Waals surface area contributed by atoms with E-state index in [1.54, 1.807) is 24.9 Å². The molecule has 0 aliphatic carbocycles. The van der Waals surface area contributed by atoms with E-state index in [4.69, 9.17) is 4.74 Å². The van der Waals surface area contributed by atoms with Gasteiger partial charge in [0.1, 0.15) is 0 Å². The standard InChI is InChI=1S/C16H22BrFN2O2/c1-11(22-15-5-4-12(17)10-14(15)18)16(21)20(3)13-6-8-19(2)9-7-13/h4-5,10-11,13H,6-9H2,1-3H3/t11-/m1/s1. The first-order valence-corrected chi connectivity index (χ1v) is 8.24. The molecule has 1 aromatic carbocycles. The number of hydrogen-bond donors (Lipinski definition) is 0. The predicted molar refractivity (Wildman–Crippen MR) is 87.5 cm³/mol. The van der Waals surface area contributed by atoms with Gasteiger partial charge in [0.05, 0.1) is 0 Å². The Kier molecular flexibility index (Phi) is 5.81. The maximum atomic E-state index is 13.8. The molecule has 4 nitrogen and oxygen atoms in total. The Morgan fingerprint density at radius 2 is 2.09 bits per heavy atom. The molecule has 1 fully saturated rings. The molecule has 1 aliphatic heterocycles. The van der Waals surface area contributed by atoms with Gasteiger partial charge in [-0.3, -0.25) is 4.79 Å². The zero-order valence-corrected chi connectivity index (χ0v) is 14.8. The van der Waals surface area contributed by atoms with Crippen molar-refractivity contribution in [2.75, 3.05) is 27.2 Å². The largest absolute Gasteiger partial charge is 0.478 e. The van der Waals surface area contributed by atoms with Crippen LogP contribution in [0.15, 0.2) is 22.7 Å². The van der Waals surface area contributed by atoms with Crippen LogP contribution >= 0.6 is 15.9 Å². The van der Waals surface area contributed by atoms with Gasteiger partial charge in [-0.15, -0.1) is 0 Å². The summed E-state index contributed by atoms with van der Waals surface area (Å²) in [6, 6.07) is 4.77. The smallest absolute Gasteiger partial charge is 0.263 e. The van der Waals surface area contributed by atoms with Crippen molar-refractivity contribution in [2.45, 2.75) is 31.9 Å². The number of ether oxygens (including phenoxy) is 1. The van der Waals surface area contributed by atoms with Crippen molar-refractivity contribution < 1.29 is 13.9 Å². The minimum atomic E-state index is -0.708. The quantitative estimate of drug-likeness (QED) is 0.814. The summed E-state index contributed by atoms with van der Waals surface area (Å²) in [4.78, 5) is 16.5. The van der Waals surface area contributed by atoms with Crippen molar-refractivity contribution in [2.24, 2.45) is 0 Å². The highest BCUT2D eigenvalue weighted by atomic mass is 79.9. The highest BCUT2D eigenvalue weighted by molar-refractivity contribution is 9.10. The minimum absolute atomic E-state index is 0.0980. The normalized spacial score (nSPS) is 18.0. The van der Waals surface area contributed by atoms with Crippen LogP contribution < -0.4 is 4.74 Å². The molecule has 1 saturated heterocycles. The van der Waals surface area contributed by atoms with Gasteiger partial charge >= 0.3 is 0 Å². The van der Waals surface area contributed by atoms with Crippen molar-refractivity contribution in [3.8, 4) is 5.75 Å². The third-order valence-electron chi connectivity index (χ3n) is 4.13. The van der Waals surface area contributed by atoms with E-state index in [9.17, 15) is 9.18 Å². The van der Waals surface area contributed by atoms with Crippen LogP contribution in [0.2, 0.25) is 0 Å².